The molecule has 3 rings (SSSR count). The van der Waals surface area contributed by atoms with E-state index in [1.807, 2.05) is 75.4 Å². The summed E-state index contributed by atoms with van der Waals surface area (Å²) in [5.74, 6) is -0.552. The van der Waals surface area contributed by atoms with E-state index in [0.717, 1.165) is 29.8 Å². The van der Waals surface area contributed by atoms with E-state index in [2.05, 4.69) is 0 Å². The lowest BCUT2D eigenvalue weighted by Gasteiger charge is -2.35. The summed E-state index contributed by atoms with van der Waals surface area (Å²) in [5, 5.41) is 0. The molecule has 0 aromatic heterocycles. The van der Waals surface area contributed by atoms with E-state index in [-0.39, 0.29) is 24.8 Å². The molecule has 2 amide bonds. The van der Waals surface area contributed by atoms with Gasteiger partial charge in [0.25, 0.3) is 5.91 Å². The lowest BCUT2D eigenvalue weighted by Crippen LogP contribution is -2.46. The first-order valence-electron chi connectivity index (χ1n) is 10.6. The molecule has 0 bridgehead atoms. The third-order valence-electron chi connectivity index (χ3n) is 5.32. The van der Waals surface area contributed by atoms with Crippen LogP contribution in [0, 0.1) is 0 Å². The molecule has 2 aromatic carbocycles. The number of hydrogen-bond donors (Lipinski definition) is 0. The predicted molar refractivity (Wildman–Crippen MR) is 119 cm³/mol. The standard InChI is InChI=1S/C25H30N2O4/c1-25(2,3)27(17-20-8-5-4-6-9-20)23(29)18-31-24(30)16-19-11-13-21(14-12-19)26-15-7-10-22(26)28/h4-6,8-9,11-14H,7,10,15-18H2,1-3H3. The largest absolute Gasteiger partial charge is 0.455 e. The fourth-order valence-electron chi connectivity index (χ4n) is 3.62. The number of carbonyl (C=O) groups excluding carboxylic acids is 3. The zero-order valence-electron chi connectivity index (χ0n) is 18.5. The second-order valence-corrected chi connectivity index (χ2v) is 8.79. The van der Waals surface area contributed by atoms with Crippen molar-refractivity contribution >= 4 is 23.5 Å². The van der Waals surface area contributed by atoms with E-state index < -0.39 is 11.5 Å². The van der Waals surface area contributed by atoms with Crippen LogP contribution in [-0.4, -0.2) is 41.4 Å². The predicted octanol–water partition coefficient (Wildman–Crippen LogP) is 3.73. The molecule has 0 atom stereocenters. The summed E-state index contributed by atoms with van der Waals surface area (Å²) >= 11 is 0. The van der Waals surface area contributed by atoms with Crippen molar-refractivity contribution < 1.29 is 19.1 Å². The quantitative estimate of drug-likeness (QED) is 0.638. The van der Waals surface area contributed by atoms with Crippen LogP contribution in [-0.2, 0) is 32.1 Å². The Kier molecular flexibility index (Phi) is 7.10. The molecule has 6 nitrogen and oxygen atoms in total. The van der Waals surface area contributed by atoms with Gasteiger partial charge in [-0.1, -0.05) is 42.5 Å². The molecule has 1 aliphatic rings. The van der Waals surface area contributed by atoms with E-state index in [4.69, 9.17) is 4.74 Å². The fourth-order valence-corrected chi connectivity index (χ4v) is 3.62. The lowest BCUT2D eigenvalue weighted by atomic mass is 10.0. The maximum Gasteiger partial charge on any atom is 0.310 e. The van der Waals surface area contributed by atoms with Crippen LogP contribution in [0.25, 0.3) is 0 Å². The number of carbonyl (C=O) groups is 3. The van der Waals surface area contributed by atoms with Crippen LogP contribution in [0.4, 0.5) is 5.69 Å². The van der Waals surface area contributed by atoms with Crippen LogP contribution in [0.5, 0.6) is 0 Å². The van der Waals surface area contributed by atoms with Gasteiger partial charge in [-0.2, -0.15) is 0 Å². The van der Waals surface area contributed by atoms with Crippen molar-refractivity contribution in [2.45, 2.75) is 52.1 Å². The molecule has 0 N–H and O–H groups in total. The van der Waals surface area contributed by atoms with Crippen molar-refractivity contribution in [3.8, 4) is 0 Å². The average Bonchev–Trinajstić information content (AvgIpc) is 3.16. The van der Waals surface area contributed by atoms with E-state index >= 15 is 0 Å². The van der Waals surface area contributed by atoms with Gasteiger partial charge in [0, 0.05) is 30.7 Å². The van der Waals surface area contributed by atoms with Gasteiger partial charge in [-0.3, -0.25) is 14.4 Å². The van der Waals surface area contributed by atoms with E-state index in [0.29, 0.717) is 13.0 Å². The van der Waals surface area contributed by atoms with E-state index in [9.17, 15) is 14.4 Å². The highest BCUT2D eigenvalue weighted by atomic mass is 16.5. The second kappa shape index (κ2) is 9.77. The first kappa shape index (κ1) is 22.5. The van der Waals surface area contributed by atoms with Gasteiger partial charge in [0.1, 0.15) is 0 Å². The smallest absolute Gasteiger partial charge is 0.310 e. The number of rotatable bonds is 7. The van der Waals surface area contributed by atoms with E-state index in [1.165, 1.54) is 0 Å². The van der Waals surface area contributed by atoms with Gasteiger partial charge < -0.3 is 14.5 Å². The Morgan fingerprint density at radius 2 is 1.68 bits per heavy atom. The van der Waals surface area contributed by atoms with Gasteiger partial charge >= 0.3 is 5.97 Å². The number of esters is 1. The van der Waals surface area contributed by atoms with Crippen LogP contribution in [0.2, 0.25) is 0 Å². The SMILES string of the molecule is CC(C)(C)N(Cc1ccccc1)C(=O)COC(=O)Cc1ccc(N2CCCC2=O)cc1. The third-order valence-corrected chi connectivity index (χ3v) is 5.32. The number of hydrogen-bond acceptors (Lipinski definition) is 4. The minimum Gasteiger partial charge on any atom is -0.455 e. The van der Waals surface area contributed by atoms with Crippen molar-refractivity contribution in [2.24, 2.45) is 0 Å². The molecule has 1 heterocycles. The van der Waals surface area contributed by atoms with Gasteiger partial charge in [0.2, 0.25) is 5.91 Å². The Bertz CT molecular complexity index is 917. The minimum atomic E-state index is -0.452. The summed E-state index contributed by atoms with van der Waals surface area (Å²) in [6.07, 6.45) is 1.53. The summed E-state index contributed by atoms with van der Waals surface area (Å²) in [6.45, 7) is 6.78. The van der Waals surface area contributed by atoms with Crippen LogP contribution in [0.3, 0.4) is 0 Å². The highest BCUT2D eigenvalue weighted by molar-refractivity contribution is 5.95. The van der Waals surface area contributed by atoms with Crippen molar-refractivity contribution in [1.82, 2.24) is 4.90 Å². The van der Waals surface area contributed by atoms with Crippen molar-refractivity contribution in [1.29, 1.82) is 0 Å². The van der Waals surface area contributed by atoms with Crippen LogP contribution in [0.1, 0.15) is 44.7 Å². The summed E-state index contributed by atoms with van der Waals surface area (Å²) < 4.78 is 5.27. The first-order valence-corrected chi connectivity index (χ1v) is 10.6. The van der Waals surface area contributed by atoms with Crippen LogP contribution in [0.15, 0.2) is 54.6 Å². The lowest BCUT2D eigenvalue weighted by molar-refractivity contribution is -0.154. The normalized spacial score (nSPS) is 13.9. The molecule has 164 valence electrons. The molecule has 0 radical (unpaired) electrons. The van der Waals surface area contributed by atoms with Crippen LogP contribution < -0.4 is 4.90 Å². The molecule has 0 spiro atoms. The molecule has 0 aliphatic carbocycles. The maximum atomic E-state index is 12.8. The fraction of sp³-hybridized carbons (Fsp3) is 0.400. The summed E-state index contributed by atoms with van der Waals surface area (Å²) in [7, 11) is 0. The third kappa shape index (κ3) is 6.17. The van der Waals surface area contributed by atoms with Gasteiger partial charge in [-0.05, 0) is 50.5 Å². The molecule has 0 unspecified atom stereocenters. The zero-order chi connectivity index (χ0) is 22.4. The molecular weight excluding hydrogens is 392 g/mol. The number of benzene rings is 2. The molecule has 0 saturated carbocycles. The topological polar surface area (TPSA) is 66.9 Å². The van der Waals surface area contributed by atoms with Gasteiger partial charge in [-0.15, -0.1) is 0 Å². The first-order chi connectivity index (χ1) is 14.7. The molecule has 6 heteroatoms. The Hall–Kier alpha value is -3.15. The summed E-state index contributed by atoms with van der Waals surface area (Å²) in [4.78, 5) is 40.4. The maximum absolute atomic E-state index is 12.8. The number of ether oxygens (including phenoxy) is 1. The Morgan fingerprint density at radius 3 is 2.26 bits per heavy atom. The highest BCUT2D eigenvalue weighted by Crippen LogP contribution is 2.22. The molecule has 1 fully saturated rings. The second-order valence-electron chi connectivity index (χ2n) is 8.79. The van der Waals surface area contributed by atoms with E-state index in [1.54, 1.807) is 9.80 Å². The van der Waals surface area contributed by atoms with Crippen molar-refractivity contribution in [3.05, 3.63) is 65.7 Å². The molecule has 2 aromatic rings. The minimum absolute atomic E-state index is 0.0791. The molecule has 31 heavy (non-hydrogen) atoms. The highest BCUT2D eigenvalue weighted by Gasteiger charge is 2.27. The Morgan fingerprint density at radius 1 is 1.00 bits per heavy atom. The van der Waals surface area contributed by atoms with Crippen molar-refractivity contribution in [2.75, 3.05) is 18.1 Å². The molecule has 1 saturated heterocycles. The zero-order valence-corrected chi connectivity index (χ0v) is 18.5. The number of anilines is 1. The van der Waals surface area contributed by atoms with Gasteiger partial charge in [0.05, 0.1) is 6.42 Å². The van der Waals surface area contributed by atoms with Gasteiger partial charge in [-0.25, -0.2) is 0 Å². The summed E-state index contributed by atoms with van der Waals surface area (Å²) in [5.41, 5.74) is 2.25. The molecular formula is C25H30N2O4. The number of nitrogens with zero attached hydrogens (tertiary/aromatic N) is 2. The Balaban J connectivity index is 1.53. The van der Waals surface area contributed by atoms with Crippen molar-refractivity contribution in [3.63, 3.8) is 0 Å². The number of amides is 2. The summed E-state index contributed by atoms with van der Waals surface area (Å²) in [6, 6.07) is 17.1. The van der Waals surface area contributed by atoms with Gasteiger partial charge in [0.15, 0.2) is 6.61 Å². The Labute approximate surface area is 183 Å². The average molecular weight is 423 g/mol. The monoisotopic (exact) mass is 422 g/mol. The molecule has 1 aliphatic heterocycles. The van der Waals surface area contributed by atoms with Crippen LogP contribution >= 0.6 is 0 Å².